The maximum Gasteiger partial charge on any atom is 0.421 e. The van der Waals surface area contributed by atoms with Crippen LogP contribution in [0.15, 0.2) is 41.3 Å². The molecule has 1 aliphatic heterocycles. The van der Waals surface area contributed by atoms with Crippen molar-refractivity contribution in [2.75, 3.05) is 11.9 Å². The molecule has 0 aliphatic carbocycles. The Labute approximate surface area is 227 Å². The van der Waals surface area contributed by atoms with Crippen molar-refractivity contribution in [2.24, 2.45) is 0 Å². The second-order valence-electron chi connectivity index (χ2n) is 11.0. The average Bonchev–Trinajstić information content (AvgIpc) is 3.23. The van der Waals surface area contributed by atoms with Crippen LogP contribution >= 0.6 is 0 Å². The number of halogens is 3. The van der Waals surface area contributed by atoms with E-state index in [1.165, 1.54) is 23.0 Å². The maximum atomic E-state index is 13.2. The number of hydrogen-bond donors (Lipinski definition) is 3. The lowest BCUT2D eigenvalue weighted by Crippen LogP contribution is -2.47. The van der Waals surface area contributed by atoms with Crippen molar-refractivity contribution in [1.29, 1.82) is 5.26 Å². The number of pyridine rings is 1. The van der Waals surface area contributed by atoms with E-state index < -0.39 is 40.5 Å². The number of fused-ring (bicyclic) bond motifs is 1. The van der Waals surface area contributed by atoms with Gasteiger partial charge >= 0.3 is 12.1 Å². The molecule has 0 bridgehead atoms. The number of anilines is 2. The van der Waals surface area contributed by atoms with Gasteiger partial charge < -0.3 is 24.9 Å². The van der Waals surface area contributed by atoms with Crippen molar-refractivity contribution in [1.82, 2.24) is 14.8 Å². The second kappa shape index (κ2) is 10.3. The molecule has 2 aromatic heterocycles. The van der Waals surface area contributed by atoms with Crippen molar-refractivity contribution in [2.45, 2.75) is 76.0 Å². The molecule has 0 radical (unpaired) electrons. The summed E-state index contributed by atoms with van der Waals surface area (Å²) >= 11 is 0. The molecule has 0 saturated carbocycles. The summed E-state index contributed by atoms with van der Waals surface area (Å²) in [5.41, 5.74) is -4.85. The number of carbonyl (C=O) groups is 1. The quantitative estimate of drug-likeness (QED) is 0.377. The van der Waals surface area contributed by atoms with Gasteiger partial charge in [0.05, 0.1) is 30.2 Å². The van der Waals surface area contributed by atoms with E-state index in [9.17, 15) is 33.1 Å². The number of aliphatic hydroxyl groups is 1. The van der Waals surface area contributed by atoms with Crippen LogP contribution in [0.2, 0.25) is 0 Å². The van der Waals surface area contributed by atoms with E-state index in [1.54, 1.807) is 26.8 Å². The minimum Gasteiger partial charge on any atom is -0.458 e. The summed E-state index contributed by atoms with van der Waals surface area (Å²) in [6.07, 6.45) is -3.70. The van der Waals surface area contributed by atoms with Crippen molar-refractivity contribution in [3.05, 3.63) is 52.4 Å². The molecule has 1 saturated heterocycles. The Bertz CT molecular complexity index is 1490. The highest BCUT2D eigenvalue weighted by Crippen LogP contribution is 2.40. The molecule has 3 atom stereocenters. The molecule has 3 heterocycles. The van der Waals surface area contributed by atoms with E-state index in [4.69, 9.17) is 9.47 Å². The Morgan fingerprint density at radius 1 is 1.27 bits per heavy atom. The van der Waals surface area contributed by atoms with Crippen molar-refractivity contribution in [3.63, 3.8) is 0 Å². The Balaban J connectivity index is 1.68. The minimum absolute atomic E-state index is 0.0295. The van der Waals surface area contributed by atoms with E-state index in [0.717, 1.165) is 12.1 Å². The first-order chi connectivity index (χ1) is 18.6. The first-order valence-corrected chi connectivity index (χ1v) is 12.6. The summed E-state index contributed by atoms with van der Waals surface area (Å²) in [5.74, 6) is -0.395. The normalized spacial score (nSPS) is 21.4. The number of H-pyrrole nitrogens is 1. The average molecular weight is 562 g/mol. The SMILES string of the molecule is CC(C)(C)OC(=O)C1CCC(CC#N)(n2nc(Nc3ccc(C(C)(O)C(F)(F)F)cc3)c3c(=O)[nH]ccc32)CO1. The first-order valence-electron chi connectivity index (χ1n) is 12.6. The fraction of sp³-hybridized carbons (Fsp3) is 0.481. The van der Waals surface area contributed by atoms with Crippen LogP contribution in [0, 0.1) is 11.3 Å². The number of rotatable bonds is 6. The lowest BCUT2D eigenvalue weighted by Gasteiger charge is -2.39. The van der Waals surface area contributed by atoms with E-state index in [1.807, 2.05) is 0 Å². The fourth-order valence-corrected chi connectivity index (χ4v) is 4.60. The zero-order chi connectivity index (χ0) is 29.5. The lowest BCUT2D eigenvalue weighted by atomic mass is 9.87. The van der Waals surface area contributed by atoms with Gasteiger partial charge in [-0.05, 0) is 64.3 Å². The van der Waals surface area contributed by atoms with E-state index >= 15 is 0 Å². The van der Waals surface area contributed by atoms with Crippen LogP contribution < -0.4 is 10.9 Å². The molecule has 1 fully saturated rings. The van der Waals surface area contributed by atoms with Crippen LogP contribution in [0.25, 0.3) is 10.9 Å². The highest BCUT2D eigenvalue weighted by molar-refractivity contribution is 5.91. The molecular weight excluding hydrogens is 531 g/mol. The summed E-state index contributed by atoms with van der Waals surface area (Å²) in [7, 11) is 0. The molecule has 13 heteroatoms. The standard InChI is InChI=1S/C27H30F3N5O5/c1-24(2,3)40-23(37)19-9-11-26(12-13-31,15-39-19)35-18-10-14-32-22(36)20(18)21(34-35)33-17-7-5-16(6-8-17)25(4,38)27(28,29)30/h5-8,10,14,19,38H,9,11-12,15H2,1-4H3,(H,32,36)(H,33,34). The van der Waals surface area contributed by atoms with Gasteiger partial charge in [-0.2, -0.15) is 23.5 Å². The van der Waals surface area contributed by atoms with Crippen LogP contribution in [-0.2, 0) is 25.4 Å². The van der Waals surface area contributed by atoms with Gasteiger partial charge in [-0.25, -0.2) is 4.79 Å². The number of carbonyl (C=O) groups excluding carboxylic acids is 1. The second-order valence-corrected chi connectivity index (χ2v) is 11.0. The number of aromatic amines is 1. The number of benzene rings is 1. The number of nitrogens with one attached hydrogen (secondary N) is 2. The zero-order valence-electron chi connectivity index (χ0n) is 22.4. The molecule has 3 unspecified atom stereocenters. The molecule has 214 valence electrons. The van der Waals surface area contributed by atoms with Crippen molar-refractivity contribution < 1.29 is 32.5 Å². The Morgan fingerprint density at radius 3 is 2.50 bits per heavy atom. The summed E-state index contributed by atoms with van der Waals surface area (Å²) in [6.45, 7) is 5.87. The molecule has 1 aliphatic rings. The van der Waals surface area contributed by atoms with Gasteiger partial charge in [0, 0.05) is 11.9 Å². The van der Waals surface area contributed by atoms with Gasteiger partial charge in [-0.15, -0.1) is 0 Å². The Morgan fingerprint density at radius 2 is 1.95 bits per heavy atom. The van der Waals surface area contributed by atoms with Crippen molar-refractivity contribution in [3.8, 4) is 6.07 Å². The Hall–Kier alpha value is -3.89. The molecule has 10 nitrogen and oxygen atoms in total. The van der Waals surface area contributed by atoms with Gasteiger partial charge in [0.25, 0.3) is 5.56 Å². The summed E-state index contributed by atoms with van der Waals surface area (Å²) in [5, 5.41) is 27.3. The molecule has 3 aromatic rings. The van der Waals surface area contributed by atoms with Gasteiger partial charge in [0.1, 0.15) is 11.0 Å². The number of esters is 1. The number of aromatic nitrogens is 3. The third kappa shape index (κ3) is 5.55. The number of hydrogen-bond acceptors (Lipinski definition) is 8. The van der Waals surface area contributed by atoms with E-state index in [-0.39, 0.29) is 36.2 Å². The van der Waals surface area contributed by atoms with Crippen LogP contribution in [0.3, 0.4) is 0 Å². The van der Waals surface area contributed by atoms with Gasteiger partial charge in [0.2, 0.25) is 0 Å². The zero-order valence-corrected chi connectivity index (χ0v) is 22.4. The van der Waals surface area contributed by atoms with Gasteiger partial charge in [-0.3, -0.25) is 9.48 Å². The first kappa shape index (κ1) is 29.1. The van der Waals surface area contributed by atoms with Crippen molar-refractivity contribution >= 4 is 28.4 Å². The molecule has 40 heavy (non-hydrogen) atoms. The number of alkyl halides is 3. The molecule has 0 amide bonds. The topological polar surface area (TPSA) is 142 Å². The monoisotopic (exact) mass is 561 g/mol. The third-order valence-corrected chi connectivity index (χ3v) is 6.82. The Kier molecular flexibility index (Phi) is 7.46. The van der Waals surface area contributed by atoms with Crippen LogP contribution in [0.5, 0.6) is 0 Å². The number of nitriles is 1. The van der Waals surface area contributed by atoms with Crippen LogP contribution in [0.4, 0.5) is 24.7 Å². The highest BCUT2D eigenvalue weighted by atomic mass is 19.4. The highest BCUT2D eigenvalue weighted by Gasteiger charge is 2.51. The predicted molar refractivity (Wildman–Crippen MR) is 139 cm³/mol. The molecule has 1 aromatic carbocycles. The smallest absolute Gasteiger partial charge is 0.421 e. The predicted octanol–water partition coefficient (Wildman–Crippen LogP) is 4.37. The van der Waals surface area contributed by atoms with Gasteiger partial charge in [0.15, 0.2) is 17.5 Å². The molecule has 0 spiro atoms. The maximum absolute atomic E-state index is 13.2. The number of ether oxygens (including phenoxy) is 2. The lowest BCUT2D eigenvalue weighted by molar-refractivity contribution is -0.258. The summed E-state index contributed by atoms with van der Waals surface area (Å²) in [4.78, 5) is 28.0. The van der Waals surface area contributed by atoms with Gasteiger partial charge in [-0.1, -0.05) is 12.1 Å². The minimum atomic E-state index is -4.87. The van der Waals surface area contributed by atoms with E-state index in [0.29, 0.717) is 24.5 Å². The third-order valence-electron chi connectivity index (χ3n) is 6.82. The van der Waals surface area contributed by atoms with Crippen LogP contribution in [-0.4, -0.2) is 50.3 Å². The molecule has 3 N–H and O–H groups in total. The van der Waals surface area contributed by atoms with E-state index in [2.05, 4.69) is 21.5 Å². The molecular formula is C27H30F3N5O5. The largest absolute Gasteiger partial charge is 0.458 e. The fourth-order valence-electron chi connectivity index (χ4n) is 4.60. The molecule has 4 rings (SSSR count). The van der Waals surface area contributed by atoms with Crippen LogP contribution in [0.1, 0.15) is 52.5 Å². The number of nitrogens with zero attached hydrogens (tertiary/aromatic N) is 3. The summed E-state index contributed by atoms with van der Waals surface area (Å²) < 4.78 is 52.5. The summed E-state index contributed by atoms with van der Waals surface area (Å²) in [6, 6.07) is 8.69.